The van der Waals surface area contributed by atoms with Crippen LogP contribution in [0.15, 0.2) is 47.4 Å². The van der Waals surface area contributed by atoms with Crippen LogP contribution in [0.25, 0.3) is 0 Å². The number of aliphatic hydroxyl groups excluding tert-OH is 1. The number of carbonyl (C=O) groups is 2. The Morgan fingerprint density at radius 3 is 2.62 bits per heavy atom. The maximum absolute atomic E-state index is 13.0. The second-order valence-electron chi connectivity index (χ2n) is 8.24. The van der Waals surface area contributed by atoms with Crippen molar-refractivity contribution in [2.75, 3.05) is 11.5 Å². The lowest BCUT2D eigenvalue weighted by Crippen LogP contribution is -2.26. The number of aryl methyl sites for hydroxylation is 2. The number of fused-ring (bicyclic) bond motifs is 1. The highest BCUT2D eigenvalue weighted by Gasteiger charge is 2.39. The number of rotatable bonds is 5. The molecular formula is C26H25N3O4S. The smallest absolute Gasteiger partial charge is 0.341 e. The summed E-state index contributed by atoms with van der Waals surface area (Å²) in [6.07, 6.45) is 5.74. The molecule has 0 spiro atoms. The van der Waals surface area contributed by atoms with Crippen molar-refractivity contribution < 1.29 is 19.4 Å². The number of esters is 1. The number of nitriles is 1. The van der Waals surface area contributed by atoms with Gasteiger partial charge in [-0.3, -0.25) is 15.1 Å². The molecule has 1 aliphatic heterocycles. The third-order valence-electron chi connectivity index (χ3n) is 5.98. The van der Waals surface area contributed by atoms with Gasteiger partial charge in [-0.1, -0.05) is 36.2 Å². The first-order valence-electron chi connectivity index (χ1n) is 11.2. The van der Waals surface area contributed by atoms with E-state index in [4.69, 9.17) is 10.1 Å². The Bertz CT molecular complexity index is 1280. The summed E-state index contributed by atoms with van der Waals surface area (Å²) in [6.45, 7) is 3.84. The first-order valence-corrected chi connectivity index (χ1v) is 12.1. The quantitative estimate of drug-likeness (QED) is 0.259. The molecule has 0 bridgehead atoms. The van der Waals surface area contributed by atoms with Gasteiger partial charge >= 0.3 is 5.97 Å². The van der Waals surface area contributed by atoms with Gasteiger partial charge in [0.1, 0.15) is 16.6 Å². The molecule has 0 fully saturated rings. The van der Waals surface area contributed by atoms with Gasteiger partial charge in [0.15, 0.2) is 17.4 Å². The minimum absolute atomic E-state index is 0.00841. The summed E-state index contributed by atoms with van der Waals surface area (Å²) in [4.78, 5) is 28.4. The normalized spacial score (nSPS) is 16.9. The monoisotopic (exact) mass is 475 g/mol. The fraction of sp³-hybridized carbons (Fsp3) is 0.308. The van der Waals surface area contributed by atoms with Crippen molar-refractivity contribution in [2.45, 2.75) is 46.0 Å². The molecule has 4 rings (SSSR count). The number of thiophene rings is 1. The third-order valence-corrected chi connectivity index (χ3v) is 7.26. The summed E-state index contributed by atoms with van der Waals surface area (Å²) in [5.41, 5.74) is 2.43. The van der Waals surface area contributed by atoms with Gasteiger partial charge in [0.05, 0.1) is 17.9 Å². The highest BCUT2D eigenvalue weighted by Crippen LogP contribution is 2.44. The molecule has 34 heavy (non-hydrogen) atoms. The third kappa shape index (κ3) is 4.15. The zero-order valence-corrected chi connectivity index (χ0v) is 19.9. The number of benzene rings is 1. The Balaban J connectivity index is 1.87. The van der Waals surface area contributed by atoms with Crippen molar-refractivity contribution in [3.63, 3.8) is 0 Å². The Hall–Kier alpha value is -3.70. The molecule has 1 aromatic heterocycles. The van der Waals surface area contributed by atoms with Crippen molar-refractivity contribution in [3.05, 3.63) is 74.5 Å². The zero-order valence-electron chi connectivity index (χ0n) is 19.1. The fourth-order valence-corrected chi connectivity index (χ4v) is 5.65. The van der Waals surface area contributed by atoms with E-state index >= 15 is 0 Å². The van der Waals surface area contributed by atoms with Crippen molar-refractivity contribution in [1.82, 2.24) is 0 Å². The van der Waals surface area contributed by atoms with Crippen molar-refractivity contribution in [2.24, 2.45) is 0 Å². The molecule has 1 aliphatic carbocycles. The van der Waals surface area contributed by atoms with E-state index in [1.807, 2.05) is 25.1 Å². The number of aliphatic hydroxyl groups is 1. The van der Waals surface area contributed by atoms with Crippen LogP contribution in [-0.2, 0) is 17.6 Å². The number of ketones is 1. The molecule has 0 radical (unpaired) electrons. The Labute approximate surface area is 202 Å². The molecule has 174 valence electrons. The van der Waals surface area contributed by atoms with E-state index in [1.165, 1.54) is 22.3 Å². The van der Waals surface area contributed by atoms with Gasteiger partial charge in [0.2, 0.25) is 0 Å². The summed E-state index contributed by atoms with van der Waals surface area (Å²) >= 11 is 1.36. The summed E-state index contributed by atoms with van der Waals surface area (Å²) in [6, 6.07) is 8.85. The topological polar surface area (TPSA) is 114 Å². The van der Waals surface area contributed by atoms with Crippen LogP contribution >= 0.6 is 11.3 Å². The van der Waals surface area contributed by atoms with E-state index in [-0.39, 0.29) is 29.5 Å². The SMILES string of the molecule is CCOC(=O)c1c(N2C(=N)C(C#N)=C(O)C2=CC(=O)c2ccc(C)cc2)sc2c1CCCCC2. The van der Waals surface area contributed by atoms with Crippen LogP contribution in [0.1, 0.15) is 62.9 Å². The number of nitrogens with one attached hydrogen (secondary N) is 1. The largest absolute Gasteiger partial charge is 0.504 e. The zero-order chi connectivity index (χ0) is 24.4. The number of nitrogens with zero attached hydrogens (tertiary/aromatic N) is 2. The maximum atomic E-state index is 13.0. The second kappa shape index (κ2) is 9.65. The van der Waals surface area contributed by atoms with E-state index < -0.39 is 11.7 Å². The predicted molar refractivity (Wildman–Crippen MR) is 131 cm³/mol. The van der Waals surface area contributed by atoms with Gasteiger partial charge in [-0.15, -0.1) is 11.3 Å². The minimum Gasteiger partial charge on any atom is -0.504 e. The van der Waals surface area contributed by atoms with Crippen molar-refractivity contribution in [3.8, 4) is 6.07 Å². The lowest BCUT2D eigenvalue weighted by atomic mass is 10.0. The molecule has 1 aromatic carbocycles. The van der Waals surface area contributed by atoms with E-state index in [0.29, 0.717) is 22.5 Å². The lowest BCUT2D eigenvalue weighted by Gasteiger charge is -2.20. The standard InChI is InChI=1S/C26H25N3O4S/c1-3-33-26(32)22-17-7-5-4-6-8-21(17)34-25(22)29-19(23(31)18(14-27)24(29)28)13-20(30)16-11-9-15(2)10-12-16/h9-13,28,31H,3-8H2,1-2H3. The van der Waals surface area contributed by atoms with Gasteiger partial charge in [-0.05, 0) is 45.1 Å². The summed E-state index contributed by atoms with van der Waals surface area (Å²) in [5.74, 6) is -1.61. The molecule has 7 nitrogen and oxygen atoms in total. The number of ether oxygens (including phenoxy) is 1. The van der Waals surface area contributed by atoms with Gasteiger partial charge in [-0.2, -0.15) is 5.26 Å². The van der Waals surface area contributed by atoms with Crippen LogP contribution in [-0.4, -0.2) is 29.3 Å². The van der Waals surface area contributed by atoms with Crippen LogP contribution in [0.4, 0.5) is 5.00 Å². The predicted octanol–water partition coefficient (Wildman–Crippen LogP) is 5.40. The molecule has 0 unspecified atom stereocenters. The highest BCUT2D eigenvalue weighted by molar-refractivity contribution is 7.17. The van der Waals surface area contributed by atoms with Gasteiger partial charge in [-0.25, -0.2) is 4.79 Å². The fourth-order valence-electron chi connectivity index (χ4n) is 4.25. The van der Waals surface area contributed by atoms with E-state index in [2.05, 4.69) is 0 Å². The van der Waals surface area contributed by atoms with Crippen molar-refractivity contribution in [1.29, 1.82) is 10.7 Å². The average molecular weight is 476 g/mol. The number of hydrogen-bond donors (Lipinski definition) is 2. The number of carbonyl (C=O) groups excluding carboxylic acids is 2. The van der Waals surface area contributed by atoms with Crippen LogP contribution < -0.4 is 4.90 Å². The molecular weight excluding hydrogens is 450 g/mol. The lowest BCUT2D eigenvalue weighted by molar-refractivity contribution is 0.0526. The molecule has 0 atom stereocenters. The minimum atomic E-state index is -0.501. The van der Waals surface area contributed by atoms with Gasteiger partial charge in [0, 0.05) is 16.5 Å². The van der Waals surface area contributed by atoms with Crippen molar-refractivity contribution >= 4 is 33.9 Å². The second-order valence-corrected chi connectivity index (χ2v) is 9.33. The van der Waals surface area contributed by atoms with E-state index in [0.717, 1.165) is 41.7 Å². The molecule has 2 aliphatic rings. The number of amidine groups is 1. The Kier molecular flexibility index (Phi) is 6.66. The number of allylic oxidation sites excluding steroid dienone is 1. The summed E-state index contributed by atoms with van der Waals surface area (Å²) in [5, 5.41) is 29.4. The van der Waals surface area contributed by atoms with Crippen LogP contribution in [0.5, 0.6) is 0 Å². The van der Waals surface area contributed by atoms with Crippen LogP contribution in [0.2, 0.25) is 0 Å². The van der Waals surface area contributed by atoms with Gasteiger partial charge in [0.25, 0.3) is 0 Å². The molecule has 2 heterocycles. The molecule has 0 saturated carbocycles. The Morgan fingerprint density at radius 1 is 1.24 bits per heavy atom. The molecule has 0 saturated heterocycles. The first kappa shape index (κ1) is 23.5. The Morgan fingerprint density at radius 2 is 1.94 bits per heavy atom. The van der Waals surface area contributed by atoms with Crippen LogP contribution in [0.3, 0.4) is 0 Å². The molecule has 2 N–H and O–H groups in total. The molecule has 2 aromatic rings. The summed E-state index contributed by atoms with van der Waals surface area (Å²) < 4.78 is 5.35. The number of anilines is 1. The maximum Gasteiger partial charge on any atom is 0.341 e. The van der Waals surface area contributed by atoms with Crippen LogP contribution in [0, 0.1) is 23.7 Å². The average Bonchev–Trinajstić information content (AvgIpc) is 3.16. The van der Waals surface area contributed by atoms with Gasteiger partial charge < -0.3 is 9.84 Å². The molecule has 8 heteroatoms. The first-order chi connectivity index (χ1) is 16.4. The number of hydrogen-bond acceptors (Lipinski definition) is 7. The highest BCUT2D eigenvalue weighted by atomic mass is 32.1. The van der Waals surface area contributed by atoms with E-state index in [1.54, 1.807) is 19.1 Å². The van der Waals surface area contributed by atoms with E-state index in [9.17, 15) is 20.0 Å². The summed E-state index contributed by atoms with van der Waals surface area (Å²) in [7, 11) is 0. The molecule has 0 amide bonds.